The zero-order chi connectivity index (χ0) is 21.1. The molecule has 1 N–H and O–H groups in total. The summed E-state index contributed by atoms with van der Waals surface area (Å²) in [6, 6.07) is 22.6. The monoisotopic (exact) mass is 397 g/mol. The van der Waals surface area contributed by atoms with Crippen LogP contribution < -0.4 is 0 Å². The molecule has 0 atom stereocenters. The molecule has 3 nitrogen and oxygen atoms in total. The smallest absolute Gasteiger partial charge is 0.149 e. The highest BCUT2D eigenvalue weighted by atomic mass is 16.5. The molecule has 0 aliphatic carbocycles. The first kappa shape index (κ1) is 20.1. The average Bonchev–Trinajstić information content (AvgIpc) is 2.76. The zero-order valence-corrected chi connectivity index (χ0v) is 17.7. The van der Waals surface area contributed by atoms with Gasteiger partial charge in [-0.3, -0.25) is 4.98 Å². The molecule has 4 rings (SSSR count). The molecule has 0 saturated carbocycles. The predicted molar refractivity (Wildman–Crippen MR) is 123 cm³/mol. The summed E-state index contributed by atoms with van der Waals surface area (Å²) in [5, 5.41) is 11.8. The molecule has 1 heterocycles. The lowest BCUT2D eigenvalue weighted by atomic mass is 9.97. The summed E-state index contributed by atoms with van der Waals surface area (Å²) in [6.45, 7) is 7.44. The molecule has 0 bridgehead atoms. The number of nitrogens with zero attached hydrogens (tertiary/aromatic N) is 1. The van der Waals surface area contributed by atoms with E-state index in [-0.39, 0.29) is 5.75 Å². The van der Waals surface area contributed by atoms with Crippen LogP contribution in [0.2, 0.25) is 0 Å². The van der Waals surface area contributed by atoms with Gasteiger partial charge in [0.2, 0.25) is 0 Å². The number of ether oxygens (including phenoxy) is 1. The van der Waals surface area contributed by atoms with Crippen molar-refractivity contribution in [2.75, 3.05) is 0 Å². The number of pyridine rings is 1. The van der Waals surface area contributed by atoms with E-state index in [0.717, 1.165) is 33.2 Å². The molecule has 4 aromatic rings. The van der Waals surface area contributed by atoms with Gasteiger partial charge in [-0.1, -0.05) is 74.0 Å². The molecule has 0 spiro atoms. The Kier molecular flexibility index (Phi) is 5.82. The van der Waals surface area contributed by atoms with Crippen molar-refractivity contribution in [1.82, 2.24) is 4.98 Å². The van der Waals surface area contributed by atoms with E-state index in [1.54, 1.807) is 6.20 Å². The van der Waals surface area contributed by atoms with Gasteiger partial charge in [0.25, 0.3) is 0 Å². The maximum Gasteiger partial charge on any atom is 0.149 e. The third-order valence-electron chi connectivity index (χ3n) is 5.45. The van der Waals surface area contributed by atoms with E-state index in [2.05, 4.69) is 62.2 Å². The van der Waals surface area contributed by atoms with Crippen molar-refractivity contribution < 1.29 is 9.84 Å². The first-order chi connectivity index (χ1) is 14.5. The summed E-state index contributed by atoms with van der Waals surface area (Å²) in [5.41, 5.74) is 7.02. The molecule has 3 heteroatoms. The molecule has 0 saturated heterocycles. The molecule has 3 aromatic carbocycles. The highest BCUT2D eigenvalue weighted by Crippen LogP contribution is 2.37. The van der Waals surface area contributed by atoms with Gasteiger partial charge in [0.15, 0.2) is 0 Å². The molecule has 0 amide bonds. The van der Waals surface area contributed by atoms with Gasteiger partial charge in [0, 0.05) is 17.1 Å². The first-order valence-electron chi connectivity index (χ1n) is 10.4. The van der Waals surface area contributed by atoms with Crippen molar-refractivity contribution in [3.05, 3.63) is 95.2 Å². The average molecular weight is 398 g/mol. The van der Waals surface area contributed by atoms with Gasteiger partial charge in [0.1, 0.15) is 11.3 Å². The van der Waals surface area contributed by atoms with E-state index in [9.17, 15) is 5.11 Å². The number of aryl methyl sites for hydroxylation is 1. The Balaban J connectivity index is 1.62. The number of rotatable bonds is 6. The van der Waals surface area contributed by atoms with Gasteiger partial charge >= 0.3 is 0 Å². The molecular weight excluding hydrogens is 370 g/mol. The lowest BCUT2D eigenvalue weighted by Gasteiger charge is -2.14. The van der Waals surface area contributed by atoms with Crippen molar-refractivity contribution in [2.24, 2.45) is 0 Å². The minimum Gasteiger partial charge on any atom is -0.505 e. The Morgan fingerprint density at radius 3 is 2.47 bits per heavy atom. The van der Waals surface area contributed by atoms with E-state index < -0.39 is 0 Å². The Morgan fingerprint density at radius 1 is 0.933 bits per heavy atom. The fourth-order valence-corrected chi connectivity index (χ4v) is 3.73. The number of hydrogen-bond donors (Lipinski definition) is 1. The Labute approximate surface area is 178 Å². The van der Waals surface area contributed by atoms with Crippen LogP contribution in [0.5, 0.6) is 5.75 Å². The summed E-state index contributed by atoms with van der Waals surface area (Å²) < 4.78 is 6.06. The van der Waals surface area contributed by atoms with Crippen LogP contribution in [0.1, 0.15) is 42.0 Å². The molecule has 1 aromatic heterocycles. The number of fused-ring (bicyclic) bond motifs is 1. The van der Waals surface area contributed by atoms with E-state index in [4.69, 9.17) is 4.74 Å². The van der Waals surface area contributed by atoms with E-state index in [1.807, 2.05) is 30.3 Å². The summed E-state index contributed by atoms with van der Waals surface area (Å²) in [5.74, 6) is 0.736. The van der Waals surface area contributed by atoms with Gasteiger partial charge in [0.05, 0.1) is 13.2 Å². The van der Waals surface area contributed by atoms with Crippen molar-refractivity contribution in [2.45, 2.75) is 39.9 Å². The molecule has 0 aliphatic rings. The molecule has 0 radical (unpaired) electrons. The van der Waals surface area contributed by atoms with Gasteiger partial charge in [-0.25, -0.2) is 0 Å². The van der Waals surface area contributed by atoms with Crippen LogP contribution in [0.25, 0.3) is 22.0 Å². The Bertz CT molecular complexity index is 1160. The highest BCUT2D eigenvalue weighted by molar-refractivity contribution is 5.94. The SMILES string of the molecule is Cc1cccc(-c2cc(COCc3ccc(C(C)C)cc3)c3cccnc3c2O)c1. The number of phenols is 1. The maximum absolute atomic E-state index is 10.9. The summed E-state index contributed by atoms with van der Waals surface area (Å²) >= 11 is 0. The third kappa shape index (κ3) is 4.22. The fraction of sp³-hybridized carbons (Fsp3) is 0.222. The molecule has 0 fully saturated rings. The lowest BCUT2D eigenvalue weighted by molar-refractivity contribution is 0.108. The van der Waals surface area contributed by atoms with E-state index in [0.29, 0.717) is 24.6 Å². The minimum absolute atomic E-state index is 0.212. The van der Waals surface area contributed by atoms with Crippen molar-refractivity contribution >= 4 is 10.9 Å². The van der Waals surface area contributed by atoms with Crippen molar-refractivity contribution in [3.8, 4) is 16.9 Å². The third-order valence-corrected chi connectivity index (χ3v) is 5.45. The van der Waals surface area contributed by atoms with Crippen LogP contribution in [-0.2, 0) is 18.0 Å². The first-order valence-corrected chi connectivity index (χ1v) is 10.4. The largest absolute Gasteiger partial charge is 0.505 e. The van der Waals surface area contributed by atoms with Gasteiger partial charge in [-0.05, 0) is 47.2 Å². The van der Waals surface area contributed by atoms with Crippen LogP contribution >= 0.6 is 0 Å². The Hall–Kier alpha value is -3.17. The normalized spacial score (nSPS) is 11.3. The second-order valence-corrected chi connectivity index (χ2v) is 8.09. The van der Waals surface area contributed by atoms with Crippen LogP contribution in [-0.4, -0.2) is 10.1 Å². The molecule has 30 heavy (non-hydrogen) atoms. The number of aromatic hydroxyl groups is 1. The highest BCUT2D eigenvalue weighted by Gasteiger charge is 2.14. The van der Waals surface area contributed by atoms with Crippen molar-refractivity contribution in [3.63, 3.8) is 0 Å². The Morgan fingerprint density at radius 2 is 1.73 bits per heavy atom. The molecule has 0 unspecified atom stereocenters. The van der Waals surface area contributed by atoms with Gasteiger partial charge in [-0.2, -0.15) is 0 Å². The standard InChI is InChI=1S/C27H27NO2/c1-18(2)21-11-9-20(10-12-21)16-30-17-23-15-25(22-7-4-6-19(3)14-22)27(29)26-24(23)8-5-13-28-26/h4-15,18,29H,16-17H2,1-3H3. The number of aromatic nitrogens is 1. The van der Waals surface area contributed by atoms with E-state index in [1.165, 1.54) is 5.56 Å². The molecular formula is C27H27NO2. The molecule has 0 aliphatic heterocycles. The zero-order valence-electron chi connectivity index (χ0n) is 17.7. The molecule has 152 valence electrons. The summed E-state index contributed by atoms with van der Waals surface area (Å²) in [7, 11) is 0. The van der Waals surface area contributed by atoms with Crippen LogP contribution in [0, 0.1) is 6.92 Å². The second kappa shape index (κ2) is 8.68. The van der Waals surface area contributed by atoms with Crippen LogP contribution in [0.4, 0.5) is 0 Å². The number of hydrogen-bond acceptors (Lipinski definition) is 3. The van der Waals surface area contributed by atoms with Crippen LogP contribution in [0.15, 0.2) is 72.9 Å². The van der Waals surface area contributed by atoms with Gasteiger partial charge in [-0.15, -0.1) is 0 Å². The lowest BCUT2D eigenvalue weighted by Crippen LogP contribution is -1.98. The quantitative estimate of drug-likeness (QED) is 0.391. The topological polar surface area (TPSA) is 42.4 Å². The minimum atomic E-state index is 0.212. The van der Waals surface area contributed by atoms with Gasteiger partial charge < -0.3 is 9.84 Å². The summed E-state index contributed by atoms with van der Waals surface area (Å²) in [6.07, 6.45) is 1.71. The van der Waals surface area contributed by atoms with E-state index >= 15 is 0 Å². The fourth-order valence-electron chi connectivity index (χ4n) is 3.73. The van der Waals surface area contributed by atoms with Crippen molar-refractivity contribution in [1.29, 1.82) is 0 Å². The maximum atomic E-state index is 10.9. The number of benzene rings is 3. The summed E-state index contributed by atoms with van der Waals surface area (Å²) in [4.78, 5) is 4.44. The van der Waals surface area contributed by atoms with Crippen LogP contribution in [0.3, 0.4) is 0 Å². The second-order valence-electron chi connectivity index (χ2n) is 8.09. The number of phenolic OH excluding ortho intramolecular Hbond substituents is 1. The predicted octanol–water partition coefficient (Wildman–Crippen LogP) is 6.76.